The van der Waals surface area contributed by atoms with Gasteiger partial charge in [-0.25, -0.2) is 4.79 Å². The highest BCUT2D eigenvalue weighted by Crippen LogP contribution is 2.34. The largest absolute Gasteiger partial charge is 0.491 e. The number of nitrogens with two attached hydrogens (primary N) is 1. The van der Waals surface area contributed by atoms with Crippen LogP contribution in [0.15, 0.2) is 65.1 Å². The number of amides is 2. The molecule has 0 aromatic heterocycles. The molecule has 15 heteroatoms. The van der Waals surface area contributed by atoms with Crippen LogP contribution in [0.25, 0.3) is 0 Å². The van der Waals surface area contributed by atoms with Gasteiger partial charge >= 0.3 is 12.1 Å². The number of rotatable bonds is 11. The smallest absolute Gasteiger partial charge is 0.490 e. The van der Waals surface area contributed by atoms with Crippen molar-refractivity contribution in [3.05, 3.63) is 81.8 Å². The number of ether oxygens (including phenoxy) is 3. The van der Waals surface area contributed by atoms with Crippen LogP contribution in [0.1, 0.15) is 48.3 Å². The number of carbonyl (C=O) groups is 3. The van der Waals surface area contributed by atoms with E-state index in [0.29, 0.717) is 21.5 Å². The minimum atomic E-state index is -5.32. The van der Waals surface area contributed by atoms with Crippen molar-refractivity contribution >= 4 is 45.2 Å². The first-order valence-electron chi connectivity index (χ1n) is 13.0. The number of halogens is 4. The summed E-state index contributed by atoms with van der Waals surface area (Å²) in [5.41, 5.74) is 10.4. The standard InChI is InChI=1S/C29H29BrF3N5O6/c1-4-42-23-13-16(8-11-21(23)43-15(2)3)24(27(40)38-37-26(39)17-6-5-7-18(30)12-17)36-19-9-10-20(25(34)35)22(14-19)44-28(41)29(31,32)33/h5-15,24,36H,4H2,1-3H3,(H3,34,35)(H,37,39)(H,38,40). The molecule has 11 nitrogen and oxygen atoms in total. The molecule has 0 saturated heterocycles. The molecule has 0 saturated carbocycles. The average molecular weight is 680 g/mol. The fourth-order valence-electron chi connectivity index (χ4n) is 3.76. The Morgan fingerprint density at radius 1 is 0.977 bits per heavy atom. The fourth-order valence-corrected chi connectivity index (χ4v) is 4.16. The Bertz CT molecular complexity index is 1550. The second-order valence-electron chi connectivity index (χ2n) is 9.35. The zero-order valence-corrected chi connectivity index (χ0v) is 25.3. The second kappa shape index (κ2) is 14.6. The molecule has 0 bridgehead atoms. The zero-order valence-electron chi connectivity index (χ0n) is 23.7. The van der Waals surface area contributed by atoms with Crippen LogP contribution < -0.4 is 36.1 Å². The van der Waals surface area contributed by atoms with Gasteiger partial charge in [-0.3, -0.25) is 25.8 Å². The number of benzene rings is 3. The molecule has 0 aliphatic carbocycles. The highest BCUT2D eigenvalue weighted by Gasteiger charge is 2.42. The van der Waals surface area contributed by atoms with E-state index in [4.69, 9.17) is 20.6 Å². The SMILES string of the molecule is CCOc1cc(C(Nc2ccc(C(=N)N)c(OC(=O)C(F)(F)F)c2)C(=O)NNC(=O)c2cccc(Br)c2)ccc1OC(C)C. The van der Waals surface area contributed by atoms with Gasteiger partial charge in [-0.1, -0.05) is 28.1 Å². The zero-order chi connectivity index (χ0) is 32.6. The third-order valence-corrected chi connectivity index (χ3v) is 6.12. The van der Waals surface area contributed by atoms with Gasteiger partial charge in [-0.15, -0.1) is 0 Å². The maximum absolute atomic E-state index is 13.5. The molecule has 0 aliphatic rings. The van der Waals surface area contributed by atoms with Crippen molar-refractivity contribution in [3.63, 3.8) is 0 Å². The van der Waals surface area contributed by atoms with E-state index in [0.717, 1.165) is 12.1 Å². The van der Waals surface area contributed by atoms with Crippen LogP contribution in [0.4, 0.5) is 18.9 Å². The molecule has 1 atom stereocenters. The summed E-state index contributed by atoms with van der Waals surface area (Å²) in [4.78, 5) is 37.7. The Labute approximate surface area is 258 Å². The highest BCUT2D eigenvalue weighted by atomic mass is 79.9. The first kappa shape index (κ1) is 33.7. The highest BCUT2D eigenvalue weighted by molar-refractivity contribution is 9.10. The van der Waals surface area contributed by atoms with Gasteiger partial charge in [0.15, 0.2) is 11.5 Å². The molecule has 0 heterocycles. The Hall–Kier alpha value is -4.79. The summed E-state index contributed by atoms with van der Waals surface area (Å²) in [6.45, 7) is 5.67. The molecule has 3 rings (SSSR count). The molecule has 3 aromatic rings. The first-order chi connectivity index (χ1) is 20.7. The van der Waals surface area contributed by atoms with Crippen LogP contribution in [0.2, 0.25) is 0 Å². The summed E-state index contributed by atoms with van der Waals surface area (Å²) in [6.07, 6.45) is -5.51. The Kier molecular flexibility index (Phi) is 11.2. The number of nitrogens with one attached hydrogen (secondary N) is 4. The van der Waals surface area contributed by atoms with Gasteiger partial charge in [0.1, 0.15) is 17.6 Å². The molecule has 0 fully saturated rings. The topological polar surface area (TPSA) is 165 Å². The summed E-state index contributed by atoms with van der Waals surface area (Å²) in [5, 5.41) is 10.5. The summed E-state index contributed by atoms with van der Waals surface area (Å²) >= 11 is 3.27. The minimum Gasteiger partial charge on any atom is -0.490 e. The van der Waals surface area contributed by atoms with Crippen LogP contribution in [0.3, 0.4) is 0 Å². The number of anilines is 1. The van der Waals surface area contributed by atoms with E-state index in [2.05, 4.69) is 36.8 Å². The van der Waals surface area contributed by atoms with Crippen molar-refractivity contribution in [3.8, 4) is 17.2 Å². The molecular weight excluding hydrogens is 651 g/mol. The summed E-state index contributed by atoms with van der Waals surface area (Å²) in [5.74, 6) is -4.54. The van der Waals surface area contributed by atoms with Gasteiger partial charge in [0, 0.05) is 21.8 Å². The van der Waals surface area contributed by atoms with E-state index in [1.54, 1.807) is 37.3 Å². The van der Waals surface area contributed by atoms with E-state index in [1.165, 1.54) is 18.2 Å². The minimum absolute atomic E-state index is 0.0129. The lowest BCUT2D eigenvalue weighted by Gasteiger charge is -2.23. The molecule has 234 valence electrons. The van der Waals surface area contributed by atoms with Crippen molar-refractivity contribution in [2.45, 2.75) is 39.1 Å². The third kappa shape index (κ3) is 9.10. The van der Waals surface area contributed by atoms with E-state index in [1.807, 2.05) is 13.8 Å². The van der Waals surface area contributed by atoms with Gasteiger partial charge in [0.05, 0.1) is 18.3 Å². The van der Waals surface area contributed by atoms with Crippen molar-refractivity contribution in [1.82, 2.24) is 10.9 Å². The van der Waals surface area contributed by atoms with Crippen molar-refractivity contribution < 1.29 is 41.8 Å². The lowest BCUT2D eigenvalue weighted by Crippen LogP contribution is -2.45. The first-order valence-corrected chi connectivity index (χ1v) is 13.8. The Morgan fingerprint density at radius 3 is 2.32 bits per heavy atom. The van der Waals surface area contributed by atoms with E-state index < -0.39 is 41.6 Å². The van der Waals surface area contributed by atoms with Gasteiger partial charge < -0.3 is 25.3 Å². The lowest BCUT2D eigenvalue weighted by molar-refractivity contribution is -0.189. The van der Waals surface area contributed by atoms with Gasteiger partial charge in [-0.2, -0.15) is 13.2 Å². The number of nitrogen functional groups attached to an aromatic ring is 1. The van der Waals surface area contributed by atoms with E-state index >= 15 is 0 Å². The molecule has 0 aliphatic heterocycles. The predicted octanol–water partition coefficient (Wildman–Crippen LogP) is 5.00. The van der Waals surface area contributed by atoms with Crippen LogP contribution in [0.5, 0.6) is 17.2 Å². The second-order valence-corrected chi connectivity index (χ2v) is 10.3. The molecule has 6 N–H and O–H groups in total. The number of hydrazine groups is 1. The molecule has 1 unspecified atom stereocenters. The summed E-state index contributed by atoms with van der Waals surface area (Å²) in [6, 6.07) is 13.3. The number of alkyl halides is 3. The fraction of sp³-hybridized carbons (Fsp3) is 0.241. The van der Waals surface area contributed by atoms with Crippen molar-refractivity contribution in [2.75, 3.05) is 11.9 Å². The molecule has 2 amide bonds. The number of carbonyl (C=O) groups excluding carboxylic acids is 3. The molecule has 3 aromatic carbocycles. The summed E-state index contributed by atoms with van der Waals surface area (Å²) < 4.78 is 55.4. The molecule has 0 spiro atoms. The normalized spacial score (nSPS) is 11.7. The van der Waals surface area contributed by atoms with Crippen molar-refractivity contribution in [2.24, 2.45) is 5.73 Å². The molecular formula is C29H29BrF3N5O6. The third-order valence-electron chi connectivity index (χ3n) is 5.63. The van der Waals surface area contributed by atoms with E-state index in [-0.39, 0.29) is 29.5 Å². The molecule has 44 heavy (non-hydrogen) atoms. The number of amidine groups is 1. The van der Waals surface area contributed by atoms with Crippen LogP contribution in [-0.4, -0.2) is 42.5 Å². The Morgan fingerprint density at radius 2 is 1.70 bits per heavy atom. The summed E-state index contributed by atoms with van der Waals surface area (Å²) in [7, 11) is 0. The predicted molar refractivity (Wildman–Crippen MR) is 159 cm³/mol. The number of hydrogen-bond acceptors (Lipinski definition) is 8. The van der Waals surface area contributed by atoms with Gasteiger partial charge in [0.2, 0.25) is 0 Å². The maximum Gasteiger partial charge on any atom is 0.491 e. The monoisotopic (exact) mass is 679 g/mol. The van der Waals surface area contributed by atoms with Gasteiger partial charge in [-0.05, 0) is 68.8 Å². The average Bonchev–Trinajstić information content (AvgIpc) is 2.94. The lowest BCUT2D eigenvalue weighted by atomic mass is 10.0. The quantitative estimate of drug-likeness (QED) is 0.0621. The molecule has 0 radical (unpaired) electrons. The van der Waals surface area contributed by atoms with Gasteiger partial charge in [0.25, 0.3) is 11.8 Å². The van der Waals surface area contributed by atoms with Crippen LogP contribution in [-0.2, 0) is 9.59 Å². The number of hydrogen-bond donors (Lipinski definition) is 5. The van der Waals surface area contributed by atoms with E-state index in [9.17, 15) is 27.6 Å². The van der Waals surface area contributed by atoms with Crippen LogP contribution in [0, 0.1) is 5.41 Å². The Balaban J connectivity index is 2.00. The van der Waals surface area contributed by atoms with Crippen LogP contribution >= 0.6 is 15.9 Å². The maximum atomic E-state index is 13.5. The van der Waals surface area contributed by atoms with Crippen molar-refractivity contribution in [1.29, 1.82) is 5.41 Å². The number of esters is 1.